The Kier molecular flexibility index (Phi) is 3.51. The van der Waals surface area contributed by atoms with Gasteiger partial charge >= 0.3 is 0 Å². The molecule has 5 rings (SSSR count). The predicted octanol–water partition coefficient (Wildman–Crippen LogP) is 1.68. The molecular weight excluding hydrogens is 318 g/mol. The molecule has 1 aliphatic carbocycles. The summed E-state index contributed by atoms with van der Waals surface area (Å²) in [5.74, 6) is 2.81. The Morgan fingerprint density at radius 1 is 1.20 bits per heavy atom. The molecule has 0 bridgehead atoms. The van der Waals surface area contributed by atoms with Crippen molar-refractivity contribution in [1.82, 2.24) is 34.9 Å². The van der Waals surface area contributed by atoms with E-state index >= 15 is 0 Å². The quantitative estimate of drug-likeness (QED) is 0.717. The normalized spacial score (nSPS) is 18.9. The molecular formula is C17H21N7O. The van der Waals surface area contributed by atoms with Crippen molar-refractivity contribution < 1.29 is 4.52 Å². The monoisotopic (exact) mass is 339 g/mol. The summed E-state index contributed by atoms with van der Waals surface area (Å²) in [6.07, 6.45) is 5.49. The van der Waals surface area contributed by atoms with Gasteiger partial charge in [-0.1, -0.05) is 5.16 Å². The molecule has 0 unspecified atom stereocenters. The molecule has 0 spiro atoms. The van der Waals surface area contributed by atoms with Gasteiger partial charge in [-0.05, 0) is 63.7 Å². The van der Waals surface area contributed by atoms with Crippen molar-refractivity contribution in [2.75, 3.05) is 13.1 Å². The first-order valence-electron chi connectivity index (χ1n) is 9.02. The topological polar surface area (TPSA) is 85.2 Å². The lowest BCUT2D eigenvalue weighted by molar-refractivity contribution is 0.178. The van der Waals surface area contributed by atoms with Gasteiger partial charge in [-0.3, -0.25) is 4.90 Å². The highest BCUT2D eigenvalue weighted by Crippen LogP contribution is 2.29. The molecule has 2 aliphatic rings. The minimum absolute atomic E-state index is 0.405. The van der Waals surface area contributed by atoms with E-state index in [1.54, 1.807) is 0 Å². The van der Waals surface area contributed by atoms with Crippen LogP contribution in [0.1, 0.15) is 54.0 Å². The largest absolute Gasteiger partial charge is 0.338 e. The molecule has 1 fully saturated rings. The molecule has 3 aromatic heterocycles. The summed E-state index contributed by atoms with van der Waals surface area (Å²) in [6, 6.07) is 2.17. The molecule has 4 heterocycles. The molecule has 8 heteroatoms. The van der Waals surface area contributed by atoms with Gasteiger partial charge in [0.2, 0.25) is 5.89 Å². The van der Waals surface area contributed by atoms with Crippen LogP contribution in [-0.2, 0) is 19.4 Å². The third-order valence-electron chi connectivity index (χ3n) is 5.32. The van der Waals surface area contributed by atoms with Gasteiger partial charge in [0, 0.05) is 5.92 Å². The van der Waals surface area contributed by atoms with E-state index in [1.807, 2.05) is 11.4 Å². The highest BCUT2D eigenvalue weighted by atomic mass is 16.5. The SMILES string of the molecule is Cc1noc(CN2CCC(c3nnc4cc5c(nn34)CCC5)CC2)n1. The van der Waals surface area contributed by atoms with E-state index in [9.17, 15) is 0 Å². The van der Waals surface area contributed by atoms with Crippen LogP contribution < -0.4 is 0 Å². The van der Waals surface area contributed by atoms with E-state index in [2.05, 4.69) is 31.3 Å². The Bertz CT molecular complexity index is 907. The average Bonchev–Trinajstić information content (AvgIpc) is 3.33. The van der Waals surface area contributed by atoms with Crippen LogP contribution in [0.3, 0.4) is 0 Å². The third kappa shape index (κ3) is 2.70. The number of rotatable bonds is 3. The summed E-state index contributed by atoms with van der Waals surface area (Å²) in [5.41, 5.74) is 3.45. The van der Waals surface area contributed by atoms with Gasteiger partial charge in [0.05, 0.1) is 12.2 Å². The molecule has 0 N–H and O–H groups in total. The van der Waals surface area contributed by atoms with Gasteiger partial charge in [0.1, 0.15) is 0 Å². The van der Waals surface area contributed by atoms with Gasteiger partial charge in [0.25, 0.3) is 0 Å². The van der Waals surface area contributed by atoms with Crippen molar-refractivity contribution in [3.05, 3.63) is 34.9 Å². The van der Waals surface area contributed by atoms with E-state index in [0.717, 1.165) is 56.8 Å². The predicted molar refractivity (Wildman–Crippen MR) is 89.1 cm³/mol. The summed E-state index contributed by atoms with van der Waals surface area (Å²) in [7, 11) is 0. The smallest absolute Gasteiger partial charge is 0.240 e. The van der Waals surface area contributed by atoms with Crippen molar-refractivity contribution in [2.45, 2.75) is 51.5 Å². The summed E-state index contributed by atoms with van der Waals surface area (Å²) >= 11 is 0. The second kappa shape index (κ2) is 5.87. The van der Waals surface area contributed by atoms with E-state index < -0.39 is 0 Å². The number of aromatic nitrogens is 6. The fraction of sp³-hybridized carbons (Fsp3) is 0.588. The van der Waals surface area contributed by atoms with Gasteiger partial charge in [-0.25, -0.2) is 0 Å². The maximum absolute atomic E-state index is 5.23. The summed E-state index contributed by atoms with van der Waals surface area (Å²) in [6.45, 7) is 4.55. The van der Waals surface area contributed by atoms with Crippen molar-refractivity contribution in [3.63, 3.8) is 0 Å². The molecule has 0 aromatic carbocycles. The van der Waals surface area contributed by atoms with Crippen molar-refractivity contribution in [3.8, 4) is 0 Å². The second-order valence-corrected chi connectivity index (χ2v) is 7.08. The zero-order chi connectivity index (χ0) is 16.8. The first kappa shape index (κ1) is 14.9. The molecule has 0 saturated carbocycles. The van der Waals surface area contributed by atoms with Crippen molar-refractivity contribution in [1.29, 1.82) is 0 Å². The molecule has 1 saturated heterocycles. The number of aryl methyl sites for hydroxylation is 3. The molecule has 0 atom stereocenters. The summed E-state index contributed by atoms with van der Waals surface area (Å²) in [4.78, 5) is 6.65. The third-order valence-corrected chi connectivity index (χ3v) is 5.32. The van der Waals surface area contributed by atoms with Crippen molar-refractivity contribution in [2.24, 2.45) is 0 Å². The van der Waals surface area contributed by atoms with Crippen LogP contribution in [0, 0.1) is 6.92 Å². The van der Waals surface area contributed by atoms with Gasteiger partial charge < -0.3 is 4.52 Å². The van der Waals surface area contributed by atoms with E-state index in [1.165, 1.54) is 17.7 Å². The lowest BCUT2D eigenvalue weighted by atomic mass is 9.96. The van der Waals surface area contributed by atoms with E-state index in [4.69, 9.17) is 9.62 Å². The highest BCUT2D eigenvalue weighted by Gasteiger charge is 2.27. The molecule has 1 aliphatic heterocycles. The molecule has 25 heavy (non-hydrogen) atoms. The lowest BCUT2D eigenvalue weighted by Crippen LogP contribution is -2.33. The van der Waals surface area contributed by atoms with E-state index in [-0.39, 0.29) is 0 Å². The summed E-state index contributed by atoms with van der Waals surface area (Å²) < 4.78 is 7.21. The first-order chi connectivity index (χ1) is 12.3. The Hall–Kier alpha value is -2.35. The van der Waals surface area contributed by atoms with Crippen LogP contribution >= 0.6 is 0 Å². The Morgan fingerprint density at radius 2 is 2.08 bits per heavy atom. The summed E-state index contributed by atoms with van der Waals surface area (Å²) in [5, 5.41) is 17.5. The number of piperidine rings is 1. The minimum atomic E-state index is 0.405. The second-order valence-electron chi connectivity index (χ2n) is 7.08. The van der Waals surface area contributed by atoms with Crippen molar-refractivity contribution >= 4 is 5.65 Å². The lowest BCUT2D eigenvalue weighted by Gasteiger charge is -2.29. The fourth-order valence-corrected chi connectivity index (χ4v) is 3.99. The Balaban J connectivity index is 1.31. The maximum Gasteiger partial charge on any atom is 0.240 e. The number of hydrogen-bond acceptors (Lipinski definition) is 7. The zero-order valence-corrected chi connectivity index (χ0v) is 14.4. The van der Waals surface area contributed by atoms with Gasteiger partial charge in [-0.2, -0.15) is 14.6 Å². The van der Waals surface area contributed by atoms with Crippen LogP contribution in [0.5, 0.6) is 0 Å². The van der Waals surface area contributed by atoms with E-state index in [0.29, 0.717) is 17.6 Å². The molecule has 0 radical (unpaired) electrons. The molecule has 3 aromatic rings. The Morgan fingerprint density at radius 3 is 2.88 bits per heavy atom. The first-order valence-corrected chi connectivity index (χ1v) is 9.02. The molecule has 8 nitrogen and oxygen atoms in total. The van der Waals surface area contributed by atoms with Crippen LogP contribution in [0.15, 0.2) is 10.6 Å². The number of likely N-dealkylation sites (tertiary alicyclic amines) is 1. The van der Waals surface area contributed by atoms with Crippen LogP contribution in [-0.4, -0.2) is 47.9 Å². The number of fused-ring (bicyclic) bond motifs is 2. The van der Waals surface area contributed by atoms with Gasteiger partial charge in [-0.15, -0.1) is 10.2 Å². The Labute approximate surface area is 145 Å². The highest BCUT2D eigenvalue weighted by molar-refractivity contribution is 5.43. The minimum Gasteiger partial charge on any atom is -0.338 e. The standard InChI is InChI=1S/C17H21N7O/c1-11-18-16(25-22-11)10-23-7-5-12(6-8-23)17-20-19-15-9-13-3-2-4-14(13)21-24(15)17/h9,12H,2-8,10H2,1H3. The maximum atomic E-state index is 5.23. The average molecular weight is 339 g/mol. The van der Waals surface area contributed by atoms with Crippen LogP contribution in [0.25, 0.3) is 5.65 Å². The fourth-order valence-electron chi connectivity index (χ4n) is 3.99. The molecule has 0 amide bonds. The number of nitrogens with zero attached hydrogens (tertiary/aromatic N) is 7. The van der Waals surface area contributed by atoms with Gasteiger partial charge in [0.15, 0.2) is 17.3 Å². The molecule has 130 valence electrons. The van der Waals surface area contributed by atoms with Crippen LogP contribution in [0.2, 0.25) is 0 Å². The zero-order valence-electron chi connectivity index (χ0n) is 14.4. The number of hydrogen-bond donors (Lipinski definition) is 0. The van der Waals surface area contributed by atoms with Crippen LogP contribution in [0.4, 0.5) is 0 Å².